The second-order valence-electron chi connectivity index (χ2n) is 5.24. The van der Waals surface area contributed by atoms with E-state index in [2.05, 4.69) is 5.32 Å². The molecule has 0 unspecified atom stereocenters. The summed E-state index contributed by atoms with van der Waals surface area (Å²) in [6.07, 6.45) is 0.668. The molecule has 3 rings (SSSR count). The van der Waals surface area contributed by atoms with Gasteiger partial charge in [-0.2, -0.15) is 0 Å². The van der Waals surface area contributed by atoms with Crippen LogP contribution in [0.4, 0.5) is 0 Å². The van der Waals surface area contributed by atoms with Crippen molar-refractivity contribution in [3.8, 4) is 11.5 Å². The quantitative estimate of drug-likeness (QED) is 0.852. The highest BCUT2D eigenvalue weighted by Gasteiger charge is 2.32. The van der Waals surface area contributed by atoms with Crippen molar-refractivity contribution in [3.05, 3.63) is 58.6 Å². The number of amides is 1. The van der Waals surface area contributed by atoms with E-state index < -0.39 is 0 Å². The highest BCUT2D eigenvalue weighted by Crippen LogP contribution is 2.46. The van der Waals surface area contributed by atoms with Gasteiger partial charge in [0.25, 0.3) is 0 Å². The lowest BCUT2D eigenvalue weighted by Crippen LogP contribution is -2.26. The zero-order valence-corrected chi connectivity index (χ0v) is 12.6. The molecule has 114 valence electrons. The third-order valence-electron chi connectivity index (χ3n) is 4.01. The van der Waals surface area contributed by atoms with Crippen molar-refractivity contribution in [2.24, 2.45) is 0 Å². The Morgan fingerprint density at radius 2 is 1.91 bits per heavy atom. The highest BCUT2D eigenvalue weighted by atomic mass is 35.5. The Kier molecular flexibility index (Phi) is 4.32. The summed E-state index contributed by atoms with van der Waals surface area (Å²) in [5.41, 5.74) is 1.81. The van der Waals surface area contributed by atoms with Gasteiger partial charge in [-0.05, 0) is 24.3 Å². The zero-order valence-electron chi connectivity index (χ0n) is 11.8. The van der Waals surface area contributed by atoms with Crippen molar-refractivity contribution in [2.75, 3.05) is 13.2 Å². The molecule has 1 aliphatic rings. The van der Waals surface area contributed by atoms with Crippen LogP contribution in [0.2, 0.25) is 5.02 Å². The molecule has 2 aromatic carbocycles. The van der Waals surface area contributed by atoms with Gasteiger partial charge in [-0.15, -0.1) is 0 Å². The molecule has 4 nitrogen and oxygen atoms in total. The molecule has 0 radical (unpaired) electrons. The van der Waals surface area contributed by atoms with Gasteiger partial charge in [0.15, 0.2) is 0 Å². The average molecular weight is 318 g/mol. The SMILES string of the molecule is O=CNC[C@H]1c2ccccc2Oc2ccc(Cl)cc2[C@@H]1CO. The molecule has 0 fully saturated rings. The van der Waals surface area contributed by atoms with E-state index in [0.29, 0.717) is 23.7 Å². The molecule has 0 aromatic heterocycles. The molecule has 5 heteroatoms. The highest BCUT2D eigenvalue weighted by molar-refractivity contribution is 6.30. The molecular formula is C17H16ClNO3. The van der Waals surface area contributed by atoms with Gasteiger partial charge in [0, 0.05) is 34.5 Å². The first-order valence-corrected chi connectivity index (χ1v) is 7.46. The molecule has 22 heavy (non-hydrogen) atoms. The Morgan fingerprint density at radius 3 is 2.68 bits per heavy atom. The number of para-hydroxylation sites is 1. The van der Waals surface area contributed by atoms with Crippen LogP contribution in [0.1, 0.15) is 23.0 Å². The number of hydrogen-bond acceptors (Lipinski definition) is 3. The fourth-order valence-corrected chi connectivity index (χ4v) is 3.17. The number of hydrogen-bond donors (Lipinski definition) is 2. The van der Waals surface area contributed by atoms with E-state index in [1.807, 2.05) is 36.4 Å². The summed E-state index contributed by atoms with van der Waals surface area (Å²) >= 11 is 6.11. The Labute approximate surface area is 133 Å². The molecule has 0 saturated heterocycles. The minimum Gasteiger partial charge on any atom is -0.457 e. The van der Waals surface area contributed by atoms with Gasteiger partial charge in [0.2, 0.25) is 6.41 Å². The third kappa shape index (κ3) is 2.67. The van der Waals surface area contributed by atoms with E-state index in [0.717, 1.165) is 16.9 Å². The molecule has 2 N–H and O–H groups in total. The van der Waals surface area contributed by atoms with E-state index in [9.17, 15) is 9.90 Å². The molecule has 2 atom stereocenters. The first-order chi connectivity index (χ1) is 10.7. The maximum absolute atomic E-state index is 10.7. The topological polar surface area (TPSA) is 58.6 Å². The fraction of sp³-hybridized carbons (Fsp3) is 0.235. The minimum atomic E-state index is -0.204. The molecule has 0 spiro atoms. The van der Waals surface area contributed by atoms with Crippen molar-refractivity contribution in [2.45, 2.75) is 11.8 Å². The Morgan fingerprint density at radius 1 is 1.14 bits per heavy atom. The molecular weight excluding hydrogens is 302 g/mol. The van der Waals surface area contributed by atoms with Crippen LogP contribution in [0.3, 0.4) is 0 Å². The summed E-state index contributed by atoms with van der Waals surface area (Å²) in [4.78, 5) is 10.7. The lowest BCUT2D eigenvalue weighted by atomic mass is 9.82. The van der Waals surface area contributed by atoms with Crippen molar-refractivity contribution in [1.29, 1.82) is 0 Å². The Hall–Kier alpha value is -2.04. The Bertz CT molecular complexity index is 689. The number of nitrogens with one attached hydrogen (secondary N) is 1. The van der Waals surface area contributed by atoms with E-state index in [4.69, 9.17) is 16.3 Å². The fourth-order valence-electron chi connectivity index (χ4n) is 2.99. The van der Waals surface area contributed by atoms with Crippen molar-refractivity contribution in [3.63, 3.8) is 0 Å². The molecule has 1 amide bonds. The molecule has 0 bridgehead atoms. The van der Waals surface area contributed by atoms with Gasteiger partial charge in [-0.1, -0.05) is 29.8 Å². The van der Waals surface area contributed by atoms with Gasteiger partial charge in [0.1, 0.15) is 11.5 Å². The van der Waals surface area contributed by atoms with Crippen LogP contribution in [-0.4, -0.2) is 24.7 Å². The van der Waals surface area contributed by atoms with E-state index in [1.165, 1.54) is 0 Å². The van der Waals surface area contributed by atoms with Crippen molar-refractivity contribution < 1.29 is 14.6 Å². The van der Waals surface area contributed by atoms with E-state index >= 15 is 0 Å². The predicted molar refractivity (Wildman–Crippen MR) is 84.6 cm³/mol. The van der Waals surface area contributed by atoms with Crippen LogP contribution in [-0.2, 0) is 4.79 Å². The number of benzene rings is 2. The number of fused-ring (bicyclic) bond motifs is 2. The van der Waals surface area contributed by atoms with Crippen LogP contribution in [0.25, 0.3) is 0 Å². The van der Waals surface area contributed by atoms with Crippen LogP contribution in [0, 0.1) is 0 Å². The number of aliphatic hydroxyl groups excluding tert-OH is 1. The van der Waals surface area contributed by atoms with E-state index in [1.54, 1.807) is 6.07 Å². The lowest BCUT2D eigenvalue weighted by Gasteiger charge is -2.24. The van der Waals surface area contributed by atoms with Gasteiger partial charge in [-0.25, -0.2) is 0 Å². The number of ether oxygens (including phenoxy) is 1. The monoisotopic (exact) mass is 317 g/mol. The number of carbonyl (C=O) groups excluding carboxylic acids is 1. The maximum atomic E-state index is 10.7. The number of carbonyl (C=O) groups is 1. The first-order valence-electron chi connectivity index (χ1n) is 7.08. The van der Waals surface area contributed by atoms with Crippen LogP contribution in [0.5, 0.6) is 11.5 Å². The smallest absolute Gasteiger partial charge is 0.207 e. The molecule has 1 heterocycles. The lowest BCUT2D eigenvalue weighted by molar-refractivity contribution is -0.109. The number of rotatable bonds is 4. The standard InChI is InChI=1S/C17H16ClNO3/c18-11-5-6-17-13(7-11)15(9-20)14(8-19-10-21)12-3-1-2-4-16(12)22-17/h1-7,10,14-15,20H,8-9H2,(H,19,21)/t14-,15-/m0/s1. The van der Waals surface area contributed by atoms with Gasteiger partial charge < -0.3 is 15.2 Å². The number of aliphatic hydroxyl groups is 1. The zero-order chi connectivity index (χ0) is 15.5. The molecule has 0 aliphatic carbocycles. The largest absolute Gasteiger partial charge is 0.457 e. The molecule has 2 aromatic rings. The van der Waals surface area contributed by atoms with Crippen molar-refractivity contribution in [1.82, 2.24) is 5.32 Å². The van der Waals surface area contributed by atoms with Gasteiger partial charge in [0.05, 0.1) is 6.61 Å². The Balaban J connectivity index is 2.15. The summed E-state index contributed by atoms with van der Waals surface area (Å²) < 4.78 is 6.01. The number of halogens is 1. The van der Waals surface area contributed by atoms with E-state index in [-0.39, 0.29) is 18.4 Å². The summed E-state index contributed by atoms with van der Waals surface area (Å²) in [7, 11) is 0. The summed E-state index contributed by atoms with van der Waals surface area (Å²) in [6.45, 7) is 0.358. The average Bonchev–Trinajstić information content (AvgIpc) is 2.66. The van der Waals surface area contributed by atoms with Crippen LogP contribution in [0.15, 0.2) is 42.5 Å². The predicted octanol–water partition coefficient (Wildman–Crippen LogP) is 3.05. The first kappa shape index (κ1) is 14.9. The normalized spacial score (nSPS) is 19.4. The summed E-state index contributed by atoms with van der Waals surface area (Å²) in [6, 6.07) is 13.1. The van der Waals surface area contributed by atoms with Gasteiger partial charge >= 0.3 is 0 Å². The third-order valence-corrected chi connectivity index (χ3v) is 4.25. The second kappa shape index (κ2) is 6.38. The summed E-state index contributed by atoms with van der Waals surface area (Å²) in [5, 5.41) is 13.2. The summed E-state index contributed by atoms with van der Waals surface area (Å²) in [5.74, 6) is 1.13. The molecule has 0 saturated carbocycles. The van der Waals surface area contributed by atoms with Crippen LogP contribution < -0.4 is 10.1 Å². The maximum Gasteiger partial charge on any atom is 0.207 e. The minimum absolute atomic E-state index is 0.0593. The van der Waals surface area contributed by atoms with Gasteiger partial charge in [-0.3, -0.25) is 4.79 Å². The van der Waals surface area contributed by atoms with Crippen LogP contribution >= 0.6 is 11.6 Å². The molecule has 1 aliphatic heterocycles. The van der Waals surface area contributed by atoms with Crippen molar-refractivity contribution >= 4 is 18.0 Å². The second-order valence-corrected chi connectivity index (χ2v) is 5.68.